The van der Waals surface area contributed by atoms with Crippen LogP contribution in [0.4, 0.5) is 0 Å². The van der Waals surface area contributed by atoms with Gasteiger partial charge in [0.2, 0.25) is 5.91 Å². The van der Waals surface area contributed by atoms with E-state index in [0.717, 1.165) is 50.4 Å². The highest BCUT2D eigenvalue weighted by Gasteiger charge is 2.11. The Morgan fingerprint density at radius 1 is 1.30 bits per heavy atom. The van der Waals surface area contributed by atoms with Gasteiger partial charge >= 0.3 is 0 Å². The molecule has 0 spiro atoms. The molecule has 1 aliphatic heterocycles. The highest BCUT2D eigenvalue weighted by atomic mass is 16.5. The first-order chi connectivity index (χ1) is 9.74. The summed E-state index contributed by atoms with van der Waals surface area (Å²) in [5.74, 6) is -0.422. The maximum atomic E-state index is 11.2. The van der Waals surface area contributed by atoms with Gasteiger partial charge in [-0.3, -0.25) is 9.69 Å². The second-order valence-electron chi connectivity index (χ2n) is 4.96. The molecule has 20 heavy (non-hydrogen) atoms. The van der Waals surface area contributed by atoms with Gasteiger partial charge in [-0.15, -0.1) is 0 Å². The normalized spacial score (nSPS) is 16.6. The highest BCUT2D eigenvalue weighted by Crippen LogP contribution is 2.15. The van der Waals surface area contributed by atoms with Crippen LogP contribution in [0.15, 0.2) is 24.5 Å². The van der Waals surface area contributed by atoms with Crippen LogP contribution >= 0.6 is 0 Å². The molecule has 0 saturated carbocycles. The van der Waals surface area contributed by atoms with Gasteiger partial charge in [-0.05, 0) is 18.2 Å². The van der Waals surface area contributed by atoms with Gasteiger partial charge in [0.1, 0.15) is 0 Å². The third-order valence-corrected chi connectivity index (χ3v) is 3.67. The van der Waals surface area contributed by atoms with Crippen molar-refractivity contribution in [3.63, 3.8) is 0 Å². The Morgan fingerprint density at radius 2 is 2.10 bits per heavy atom. The van der Waals surface area contributed by atoms with Crippen molar-refractivity contribution in [1.29, 1.82) is 0 Å². The highest BCUT2D eigenvalue weighted by molar-refractivity contribution is 5.96. The Balaban J connectivity index is 1.73. The summed E-state index contributed by atoms with van der Waals surface area (Å²) in [4.78, 5) is 17.9. The summed E-state index contributed by atoms with van der Waals surface area (Å²) in [6.07, 6.45) is 1.82. The number of fused-ring (bicyclic) bond motifs is 1. The molecule has 0 aliphatic carbocycles. The number of rotatable bonds is 4. The van der Waals surface area contributed by atoms with Crippen molar-refractivity contribution in [2.24, 2.45) is 5.73 Å². The lowest BCUT2D eigenvalue weighted by Gasteiger charge is -2.26. The number of nitrogens with zero attached hydrogens (tertiary/aromatic N) is 3. The summed E-state index contributed by atoms with van der Waals surface area (Å²) in [5.41, 5.74) is 7.61. The molecule has 1 amide bonds. The molecule has 1 fully saturated rings. The van der Waals surface area contributed by atoms with Crippen molar-refractivity contribution in [2.75, 3.05) is 32.8 Å². The molecule has 2 aromatic rings. The molecule has 0 atom stereocenters. The zero-order valence-corrected chi connectivity index (χ0v) is 11.3. The van der Waals surface area contributed by atoms with E-state index in [1.807, 2.05) is 12.4 Å². The molecule has 1 aromatic carbocycles. The number of aromatic nitrogens is 2. The first kappa shape index (κ1) is 13.1. The fraction of sp³-hybridized carbons (Fsp3) is 0.429. The summed E-state index contributed by atoms with van der Waals surface area (Å²) < 4.78 is 7.44. The molecule has 2 heterocycles. The maximum Gasteiger partial charge on any atom is 0.248 e. The van der Waals surface area contributed by atoms with Crippen molar-refractivity contribution in [3.8, 4) is 0 Å². The standard InChI is InChI=1S/C14H18N4O2/c15-14(19)11-1-2-13-12(9-11)16-10-18(13)4-3-17-5-7-20-8-6-17/h1-2,9-10H,3-8H2,(H2,15,19). The number of hydrogen-bond acceptors (Lipinski definition) is 4. The summed E-state index contributed by atoms with van der Waals surface area (Å²) in [7, 11) is 0. The number of imidazole rings is 1. The zero-order valence-electron chi connectivity index (χ0n) is 11.3. The number of primary amides is 1. The van der Waals surface area contributed by atoms with Crippen LogP contribution in [0.5, 0.6) is 0 Å². The minimum absolute atomic E-state index is 0.422. The van der Waals surface area contributed by atoms with E-state index in [4.69, 9.17) is 10.5 Å². The zero-order chi connectivity index (χ0) is 13.9. The third kappa shape index (κ3) is 2.66. The van der Waals surface area contributed by atoms with Gasteiger partial charge in [-0.1, -0.05) is 0 Å². The molecule has 1 saturated heterocycles. The minimum Gasteiger partial charge on any atom is -0.379 e. The lowest BCUT2D eigenvalue weighted by atomic mass is 10.2. The van der Waals surface area contributed by atoms with E-state index in [1.165, 1.54) is 0 Å². The van der Waals surface area contributed by atoms with Crippen molar-refractivity contribution in [3.05, 3.63) is 30.1 Å². The molecular weight excluding hydrogens is 256 g/mol. The van der Waals surface area contributed by atoms with E-state index in [-0.39, 0.29) is 0 Å². The van der Waals surface area contributed by atoms with Crippen LogP contribution in [-0.2, 0) is 11.3 Å². The Hall–Kier alpha value is -1.92. The number of carbonyl (C=O) groups excluding carboxylic acids is 1. The second-order valence-corrected chi connectivity index (χ2v) is 4.96. The average molecular weight is 274 g/mol. The SMILES string of the molecule is NC(=O)c1ccc2c(c1)ncn2CCN1CCOCC1. The largest absolute Gasteiger partial charge is 0.379 e. The number of ether oxygens (including phenoxy) is 1. The van der Waals surface area contributed by atoms with Crippen LogP contribution in [0, 0.1) is 0 Å². The minimum atomic E-state index is -0.422. The van der Waals surface area contributed by atoms with Gasteiger partial charge in [0, 0.05) is 31.7 Å². The van der Waals surface area contributed by atoms with Crippen molar-refractivity contribution < 1.29 is 9.53 Å². The van der Waals surface area contributed by atoms with Gasteiger partial charge in [0.05, 0.1) is 30.6 Å². The molecule has 2 N–H and O–H groups in total. The Morgan fingerprint density at radius 3 is 2.85 bits per heavy atom. The fourth-order valence-electron chi connectivity index (χ4n) is 2.47. The van der Waals surface area contributed by atoms with Crippen LogP contribution in [0.1, 0.15) is 10.4 Å². The third-order valence-electron chi connectivity index (χ3n) is 3.67. The molecular formula is C14H18N4O2. The fourth-order valence-corrected chi connectivity index (χ4v) is 2.47. The van der Waals surface area contributed by atoms with Gasteiger partial charge in [-0.2, -0.15) is 0 Å². The predicted molar refractivity (Wildman–Crippen MR) is 75.5 cm³/mol. The molecule has 1 aliphatic rings. The maximum absolute atomic E-state index is 11.2. The van der Waals surface area contributed by atoms with Crippen LogP contribution in [-0.4, -0.2) is 53.2 Å². The lowest BCUT2D eigenvalue weighted by Crippen LogP contribution is -2.38. The van der Waals surface area contributed by atoms with Crippen LogP contribution < -0.4 is 5.73 Å². The first-order valence-electron chi connectivity index (χ1n) is 6.79. The molecule has 0 unspecified atom stereocenters. The van der Waals surface area contributed by atoms with E-state index in [1.54, 1.807) is 12.1 Å². The van der Waals surface area contributed by atoms with Gasteiger partial charge in [0.15, 0.2) is 0 Å². The first-order valence-corrected chi connectivity index (χ1v) is 6.79. The number of amides is 1. The molecule has 3 rings (SSSR count). The van der Waals surface area contributed by atoms with Crippen molar-refractivity contribution >= 4 is 16.9 Å². The monoisotopic (exact) mass is 274 g/mol. The van der Waals surface area contributed by atoms with Crippen molar-refractivity contribution in [2.45, 2.75) is 6.54 Å². The van der Waals surface area contributed by atoms with Crippen LogP contribution in [0.3, 0.4) is 0 Å². The van der Waals surface area contributed by atoms with E-state index in [9.17, 15) is 4.79 Å². The second kappa shape index (κ2) is 5.60. The number of morpholine rings is 1. The lowest BCUT2D eigenvalue weighted by molar-refractivity contribution is 0.0365. The summed E-state index contributed by atoms with van der Waals surface area (Å²) >= 11 is 0. The molecule has 6 nitrogen and oxygen atoms in total. The van der Waals surface area contributed by atoms with E-state index in [0.29, 0.717) is 5.56 Å². The average Bonchev–Trinajstić information content (AvgIpc) is 2.88. The van der Waals surface area contributed by atoms with Gasteiger partial charge in [0.25, 0.3) is 0 Å². The van der Waals surface area contributed by atoms with Gasteiger partial charge in [-0.25, -0.2) is 4.98 Å². The Kier molecular flexibility index (Phi) is 3.66. The number of carbonyl (C=O) groups is 1. The predicted octanol–water partition coefficient (Wildman–Crippen LogP) is 0.467. The van der Waals surface area contributed by atoms with Crippen LogP contribution in [0.25, 0.3) is 11.0 Å². The van der Waals surface area contributed by atoms with Crippen molar-refractivity contribution in [1.82, 2.24) is 14.5 Å². The topological polar surface area (TPSA) is 73.4 Å². The molecule has 106 valence electrons. The summed E-state index contributed by atoms with van der Waals surface area (Å²) in [6, 6.07) is 5.39. The number of benzene rings is 1. The van der Waals surface area contributed by atoms with E-state index in [2.05, 4.69) is 14.5 Å². The quantitative estimate of drug-likeness (QED) is 0.879. The molecule has 0 radical (unpaired) electrons. The Labute approximate surface area is 117 Å². The molecule has 1 aromatic heterocycles. The number of nitrogens with two attached hydrogens (primary N) is 1. The summed E-state index contributed by atoms with van der Waals surface area (Å²) in [6.45, 7) is 5.45. The smallest absolute Gasteiger partial charge is 0.248 e. The molecule has 6 heteroatoms. The van der Waals surface area contributed by atoms with Gasteiger partial charge < -0.3 is 15.0 Å². The van der Waals surface area contributed by atoms with E-state index >= 15 is 0 Å². The molecule has 0 bridgehead atoms. The number of hydrogen-bond donors (Lipinski definition) is 1. The van der Waals surface area contributed by atoms with E-state index < -0.39 is 5.91 Å². The van der Waals surface area contributed by atoms with Crippen LogP contribution in [0.2, 0.25) is 0 Å². The summed E-state index contributed by atoms with van der Waals surface area (Å²) in [5, 5.41) is 0. The Bertz CT molecular complexity index is 617.